The Bertz CT molecular complexity index is 1740. The number of halogens is 1. The lowest BCUT2D eigenvalue weighted by atomic mass is 9.93. The molecule has 3 atom stereocenters. The molecule has 2 N–H and O–H groups in total. The normalized spacial score (nSPS) is 23.4. The fourth-order valence-electron chi connectivity index (χ4n) is 7.07. The summed E-state index contributed by atoms with van der Waals surface area (Å²) in [6.07, 6.45) is 8.93. The summed E-state index contributed by atoms with van der Waals surface area (Å²) in [6, 6.07) is 14.9. The van der Waals surface area contributed by atoms with Crippen LogP contribution >= 0.6 is 0 Å². The van der Waals surface area contributed by atoms with E-state index in [0.717, 1.165) is 36.9 Å². The summed E-state index contributed by atoms with van der Waals surface area (Å²) in [5, 5.41) is 13.0. The zero-order valence-electron chi connectivity index (χ0n) is 24.6. The lowest BCUT2D eigenvalue weighted by Gasteiger charge is -2.35. The molecule has 0 radical (unpaired) electrons. The molecule has 4 aromatic rings. The number of hydrogen-bond donors (Lipinski definition) is 2. The van der Waals surface area contributed by atoms with E-state index in [0.29, 0.717) is 54.2 Å². The van der Waals surface area contributed by atoms with Gasteiger partial charge in [-0.25, -0.2) is 9.37 Å². The van der Waals surface area contributed by atoms with Crippen molar-refractivity contribution >= 4 is 23.1 Å². The van der Waals surface area contributed by atoms with Gasteiger partial charge in [-0.2, -0.15) is 0 Å². The molecule has 1 aliphatic heterocycles. The van der Waals surface area contributed by atoms with Crippen molar-refractivity contribution in [2.45, 2.75) is 76.4 Å². The number of nitrogens with zero attached hydrogens (tertiary/aromatic N) is 3. The average Bonchev–Trinajstić information content (AvgIpc) is 3.64. The predicted molar refractivity (Wildman–Crippen MR) is 163 cm³/mol. The molecular weight excluding hydrogens is 543 g/mol. The fraction of sp³-hybridized carbons (Fsp3) is 0.400. The SMILES string of the molecule is C[C@@H]1c2ccccc2CCN1C(=O)c1cc(C2CC2)c2nc(-c3ccc(NC(=O)CC4CCC(C)(O)C4)cc3F)cn2c1. The highest BCUT2D eigenvalue weighted by Gasteiger charge is 2.34. The number of aliphatic hydroxyl groups is 1. The molecule has 0 spiro atoms. The van der Waals surface area contributed by atoms with Crippen LogP contribution in [0.2, 0.25) is 0 Å². The summed E-state index contributed by atoms with van der Waals surface area (Å²) < 4.78 is 17.3. The van der Waals surface area contributed by atoms with Crippen molar-refractivity contribution in [1.29, 1.82) is 0 Å². The molecule has 3 heterocycles. The van der Waals surface area contributed by atoms with E-state index in [1.54, 1.807) is 25.3 Å². The monoisotopic (exact) mass is 580 g/mol. The van der Waals surface area contributed by atoms with Gasteiger partial charge in [-0.3, -0.25) is 9.59 Å². The van der Waals surface area contributed by atoms with Gasteiger partial charge < -0.3 is 19.7 Å². The molecule has 2 amide bonds. The summed E-state index contributed by atoms with van der Waals surface area (Å²) in [6.45, 7) is 4.55. The first-order chi connectivity index (χ1) is 20.6. The van der Waals surface area contributed by atoms with Gasteiger partial charge in [0.25, 0.3) is 5.91 Å². The van der Waals surface area contributed by atoms with E-state index in [4.69, 9.17) is 4.98 Å². The number of imidazole rings is 1. The molecule has 8 heteroatoms. The van der Waals surface area contributed by atoms with Gasteiger partial charge in [-0.1, -0.05) is 24.3 Å². The fourth-order valence-corrected chi connectivity index (χ4v) is 7.07. The second kappa shape index (κ2) is 10.6. The number of carbonyl (C=O) groups is 2. The number of aromatic nitrogens is 2. The van der Waals surface area contributed by atoms with Gasteiger partial charge in [0.05, 0.1) is 22.9 Å². The van der Waals surface area contributed by atoms with Gasteiger partial charge in [0, 0.05) is 36.6 Å². The molecule has 0 bridgehead atoms. The highest BCUT2D eigenvalue weighted by atomic mass is 19.1. The second-order valence-corrected chi connectivity index (χ2v) is 13.0. The molecule has 2 fully saturated rings. The topological polar surface area (TPSA) is 86.9 Å². The summed E-state index contributed by atoms with van der Waals surface area (Å²) in [5.41, 5.74) is 5.38. The second-order valence-electron chi connectivity index (χ2n) is 13.0. The van der Waals surface area contributed by atoms with Crippen LogP contribution in [-0.4, -0.2) is 43.4 Å². The van der Waals surface area contributed by atoms with E-state index >= 15 is 4.39 Å². The number of carbonyl (C=O) groups excluding carboxylic acids is 2. The maximum Gasteiger partial charge on any atom is 0.255 e. The van der Waals surface area contributed by atoms with Gasteiger partial charge in [-0.15, -0.1) is 0 Å². The van der Waals surface area contributed by atoms with Crippen molar-refractivity contribution in [3.63, 3.8) is 0 Å². The number of nitrogens with one attached hydrogen (secondary N) is 1. The number of anilines is 1. The molecule has 2 saturated carbocycles. The number of hydrogen-bond acceptors (Lipinski definition) is 4. The Morgan fingerprint density at radius 2 is 1.91 bits per heavy atom. The Morgan fingerprint density at radius 1 is 1.09 bits per heavy atom. The number of benzene rings is 2. The van der Waals surface area contributed by atoms with E-state index in [2.05, 4.69) is 24.4 Å². The van der Waals surface area contributed by atoms with Gasteiger partial charge in [0.1, 0.15) is 11.5 Å². The van der Waals surface area contributed by atoms with Crippen LogP contribution in [0.1, 0.15) is 91.4 Å². The smallest absolute Gasteiger partial charge is 0.255 e. The molecule has 2 unspecified atom stereocenters. The van der Waals surface area contributed by atoms with Crippen LogP contribution < -0.4 is 5.32 Å². The third-order valence-corrected chi connectivity index (χ3v) is 9.52. The molecule has 2 aromatic heterocycles. The summed E-state index contributed by atoms with van der Waals surface area (Å²) >= 11 is 0. The van der Waals surface area contributed by atoms with E-state index in [1.165, 1.54) is 17.2 Å². The number of pyridine rings is 1. The van der Waals surface area contributed by atoms with Crippen LogP contribution in [0.3, 0.4) is 0 Å². The maximum atomic E-state index is 15.4. The third-order valence-electron chi connectivity index (χ3n) is 9.52. The van der Waals surface area contributed by atoms with Crippen LogP contribution in [0, 0.1) is 11.7 Å². The van der Waals surface area contributed by atoms with Crippen molar-refractivity contribution in [2.24, 2.45) is 5.92 Å². The Balaban J connectivity index is 1.13. The summed E-state index contributed by atoms with van der Waals surface area (Å²) in [7, 11) is 0. The minimum Gasteiger partial charge on any atom is -0.390 e. The molecule has 222 valence electrons. The maximum absolute atomic E-state index is 15.4. The molecular formula is C35H37FN4O3. The first-order valence-electron chi connectivity index (χ1n) is 15.4. The van der Waals surface area contributed by atoms with Crippen LogP contribution in [0.5, 0.6) is 0 Å². The standard InChI is InChI=1S/C35H37FN4O3/c1-21-27-6-4-3-5-23(27)12-14-40(21)34(42)25-16-29(24-7-8-24)33-38-31(20-39(33)19-25)28-10-9-26(17-30(28)36)37-32(41)15-22-11-13-35(2,43)18-22/h3-6,9-10,16-17,19-22,24,43H,7-8,11-15,18H2,1-2H3,(H,37,41)/t21-,22?,35?/m1/s1. The molecule has 7 rings (SSSR count). The number of fused-ring (bicyclic) bond motifs is 2. The Kier molecular flexibility index (Phi) is 6.84. The van der Waals surface area contributed by atoms with Crippen molar-refractivity contribution in [3.05, 3.63) is 89.0 Å². The molecule has 2 aliphatic carbocycles. The Morgan fingerprint density at radius 3 is 2.65 bits per heavy atom. The Labute approximate surface area is 250 Å². The van der Waals surface area contributed by atoms with Gasteiger partial charge in [0.15, 0.2) is 0 Å². The van der Waals surface area contributed by atoms with Crippen LogP contribution in [0.4, 0.5) is 10.1 Å². The zero-order valence-corrected chi connectivity index (χ0v) is 24.6. The largest absolute Gasteiger partial charge is 0.390 e. The number of rotatable bonds is 6. The molecule has 3 aliphatic rings. The highest BCUT2D eigenvalue weighted by molar-refractivity contribution is 5.95. The lowest BCUT2D eigenvalue weighted by Crippen LogP contribution is -2.39. The average molecular weight is 581 g/mol. The lowest BCUT2D eigenvalue weighted by molar-refractivity contribution is -0.117. The highest BCUT2D eigenvalue weighted by Crippen LogP contribution is 2.43. The Hall–Kier alpha value is -4.04. The third kappa shape index (κ3) is 5.44. The van der Waals surface area contributed by atoms with Crippen LogP contribution in [-0.2, 0) is 11.2 Å². The van der Waals surface area contributed by atoms with Crippen LogP contribution in [0.15, 0.2) is 60.9 Å². The van der Waals surface area contributed by atoms with E-state index < -0.39 is 11.4 Å². The molecule has 7 nitrogen and oxygen atoms in total. The van der Waals surface area contributed by atoms with Gasteiger partial charge in [0.2, 0.25) is 5.91 Å². The van der Waals surface area contributed by atoms with E-state index in [1.807, 2.05) is 33.7 Å². The van der Waals surface area contributed by atoms with Crippen molar-refractivity contribution < 1.29 is 19.1 Å². The van der Waals surface area contributed by atoms with E-state index in [9.17, 15) is 14.7 Å². The zero-order chi connectivity index (χ0) is 29.9. The summed E-state index contributed by atoms with van der Waals surface area (Å²) in [4.78, 5) is 33.2. The molecule has 0 saturated heterocycles. The van der Waals surface area contributed by atoms with Crippen molar-refractivity contribution in [3.8, 4) is 11.3 Å². The van der Waals surface area contributed by atoms with Gasteiger partial charge in [-0.05, 0) is 105 Å². The van der Waals surface area contributed by atoms with Crippen LogP contribution in [0.25, 0.3) is 16.9 Å². The van der Waals surface area contributed by atoms with Gasteiger partial charge >= 0.3 is 0 Å². The van der Waals surface area contributed by atoms with Crippen molar-refractivity contribution in [1.82, 2.24) is 14.3 Å². The minimum absolute atomic E-state index is 0.00597. The number of amides is 2. The van der Waals surface area contributed by atoms with E-state index in [-0.39, 0.29) is 23.8 Å². The minimum atomic E-state index is -0.710. The first-order valence-corrected chi connectivity index (χ1v) is 15.4. The summed E-state index contributed by atoms with van der Waals surface area (Å²) in [5.74, 6) is -0.191. The quantitative estimate of drug-likeness (QED) is 0.267. The first kappa shape index (κ1) is 27.8. The predicted octanol–water partition coefficient (Wildman–Crippen LogP) is 6.66. The van der Waals surface area contributed by atoms with Crippen molar-refractivity contribution in [2.75, 3.05) is 11.9 Å². The molecule has 43 heavy (non-hydrogen) atoms. The molecule has 2 aromatic carbocycles.